The second kappa shape index (κ2) is 4.98. The van der Waals surface area contributed by atoms with Crippen molar-refractivity contribution in [3.63, 3.8) is 0 Å². The zero-order valence-electron chi connectivity index (χ0n) is 12.2. The van der Waals surface area contributed by atoms with Crippen LogP contribution in [0.25, 0.3) is 16.9 Å². The third-order valence-electron chi connectivity index (χ3n) is 4.05. The highest BCUT2D eigenvalue weighted by molar-refractivity contribution is 9.10. The molecule has 5 nitrogen and oxygen atoms in total. The highest BCUT2D eigenvalue weighted by Crippen LogP contribution is 2.44. The summed E-state index contributed by atoms with van der Waals surface area (Å²) < 4.78 is 4.80. The van der Waals surface area contributed by atoms with Gasteiger partial charge in [-0.2, -0.15) is 10.2 Å². The number of rotatable bonds is 3. The SMILES string of the molecule is Cn1nc(-c2ccc(-n3ncc(Br)c3C3CC3)cc2)cc1N. The van der Waals surface area contributed by atoms with Crippen molar-refractivity contribution in [1.29, 1.82) is 0 Å². The fraction of sp³-hybridized carbons (Fsp3) is 0.250. The van der Waals surface area contributed by atoms with Gasteiger partial charge in [-0.25, -0.2) is 4.68 Å². The summed E-state index contributed by atoms with van der Waals surface area (Å²) in [6.45, 7) is 0. The van der Waals surface area contributed by atoms with Crippen LogP contribution in [0.1, 0.15) is 24.5 Å². The van der Waals surface area contributed by atoms with E-state index in [1.807, 2.05) is 24.0 Å². The molecule has 0 bridgehead atoms. The molecule has 0 saturated heterocycles. The molecule has 1 saturated carbocycles. The van der Waals surface area contributed by atoms with E-state index in [1.165, 1.54) is 18.5 Å². The molecule has 0 amide bonds. The van der Waals surface area contributed by atoms with E-state index in [2.05, 4.69) is 50.4 Å². The molecule has 3 aromatic rings. The van der Waals surface area contributed by atoms with Gasteiger partial charge in [0, 0.05) is 24.6 Å². The molecule has 2 heterocycles. The van der Waals surface area contributed by atoms with Crippen molar-refractivity contribution < 1.29 is 0 Å². The first kappa shape index (κ1) is 13.6. The van der Waals surface area contributed by atoms with Gasteiger partial charge in [-0.15, -0.1) is 0 Å². The first-order chi connectivity index (χ1) is 10.6. The minimum Gasteiger partial charge on any atom is -0.384 e. The smallest absolute Gasteiger partial charge is 0.121 e. The average Bonchev–Trinajstić information content (AvgIpc) is 3.20. The highest BCUT2D eigenvalue weighted by atomic mass is 79.9. The summed E-state index contributed by atoms with van der Waals surface area (Å²) in [6.07, 6.45) is 4.37. The molecule has 0 atom stereocenters. The topological polar surface area (TPSA) is 61.7 Å². The molecule has 1 aliphatic rings. The van der Waals surface area contributed by atoms with Crippen LogP contribution < -0.4 is 5.73 Å². The Morgan fingerprint density at radius 1 is 1.23 bits per heavy atom. The molecule has 0 radical (unpaired) electrons. The van der Waals surface area contributed by atoms with Gasteiger partial charge < -0.3 is 5.73 Å². The predicted molar refractivity (Wildman–Crippen MR) is 89.9 cm³/mol. The summed E-state index contributed by atoms with van der Waals surface area (Å²) in [4.78, 5) is 0. The van der Waals surface area contributed by atoms with E-state index in [9.17, 15) is 0 Å². The lowest BCUT2D eigenvalue weighted by atomic mass is 10.1. The van der Waals surface area contributed by atoms with E-state index in [0.29, 0.717) is 11.7 Å². The molecular weight excluding hydrogens is 342 g/mol. The normalized spacial score (nSPS) is 14.5. The van der Waals surface area contributed by atoms with Crippen LogP contribution in [0.15, 0.2) is 41.0 Å². The largest absolute Gasteiger partial charge is 0.384 e. The Morgan fingerprint density at radius 3 is 2.55 bits per heavy atom. The minimum absolute atomic E-state index is 0.632. The van der Waals surface area contributed by atoms with E-state index in [1.54, 1.807) is 4.68 Å². The maximum absolute atomic E-state index is 5.84. The van der Waals surface area contributed by atoms with E-state index in [0.717, 1.165) is 21.4 Å². The van der Waals surface area contributed by atoms with Crippen molar-refractivity contribution >= 4 is 21.7 Å². The Kier molecular flexibility index (Phi) is 3.07. The number of halogens is 1. The lowest BCUT2D eigenvalue weighted by Crippen LogP contribution is -2.01. The Balaban J connectivity index is 1.70. The van der Waals surface area contributed by atoms with Gasteiger partial charge in [0.25, 0.3) is 0 Å². The van der Waals surface area contributed by atoms with Crippen molar-refractivity contribution in [2.24, 2.45) is 7.05 Å². The molecule has 22 heavy (non-hydrogen) atoms. The second-order valence-electron chi connectivity index (χ2n) is 5.69. The van der Waals surface area contributed by atoms with Gasteiger partial charge in [0.15, 0.2) is 0 Å². The van der Waals surface area contributed by atoms with Crippen molar-refractivity contribution in [3.8, 4) is 16.9 Å². The first-order valence-corrected chi connectivity index (χ1v) is 8.06. The van der Waals surface area contributed by atoms with Gasteiger partial charge in [0.05, 0.1) is 27.7 Å². The van der Waals surface area contributed by atoms with Crippen LogP contribution in [-0.2, 0) is 7.05 Å². The summed E-state index contributed by atoms with van der Waals surface area (Å²) in [5.74, 6) is 1.29. The predicted octanol–water partition coefficient (Wildman–Crippen LogP) is 3.49. The van der Waals surface area contributed by atoms with Crippen molar-refractivity contribution in [1.82, 2.24) is 19.6 Å². The quantitative estimate of drug-likeness (QED) is 0.780. The number of hydrogen-bond acceptors (Lipinski definition) is 3. The van der Waals surface area contributed by atoms with Crippen LogP contribution in [0.3, 0.4) is 0 Å². The van der Waals surface area contributed by atoms with Crippen LogP contribution in [0.5, 0.6) is 0 Å². The third-order valence-corrected chi connectivity index (χ3v) is 4.66. The van der Waals surface area contributed by atoms with Gasteiger partial charge >= 0.3 is 0 Å². The van der Waals surface area contributed by atoms with Crippen molar-refractivity contribution in [2.45, 2.75) is 18.8 Å². The van der Waals surface area contributed by atoms with Gasteiger partial charge in [-0.3, -0.25) is 4.68 Å². The second-order valence-corrected chi connectivity index (χ2v) is 6.54. The lowest BCUT2D eigenvalue weighted by Gasteiger charge is -2.08. The van der Waals surface area contributed by atoms with Crippen LogP contribution in [-0.4, -0.2) is 19.6 Å². The number of anilines is 1. The summed E-state index contributed by atoms with van der Waals surface area (Å²) >= 11 is 3.61. The lowest BCUT2D eigenvalue weighted by molar-refractivity contribution is 0.782. The molecular formula is C16H16BrN5. The van der Waals surface area contributed by atoms with E-state index >= 15 is 0 Å². The minimum atomic E-state index is 0.632. The van der Waals surface area contributed by atoms with Gasteiger partial charge in [-0.1, -0.05) is 12.1 Å². The number of nitrogens with two attached hydrogens (primary N) is 1. The maximum Gasteiger partial charge on any atom is 0.121 e. The van der Waals surface area contributed by atoms with Crippen LogP contribution in [0.4, 0.5) is 5.82 Å². The number of benzene rings is 1. The highest BCUT2D eigenvalue weighted by Gasteiger charge is 2.30. The summed E-state index contributed by atoms with van der Waals surface area (Å²) in [5, 5.41) is 8.90. The Hall–Kier alpha value is -2.08. The van der Waals surface area contributed by atoms with E-state index in [4.69, 9.17) is 5.73 Å². The van der Waals surface area contributed by atoms with E-state index < -0.39 is 0 Å². The summed E-state index contributed by atoms with van der Waals surface area (Å²) in [5.41, 5.74) is 10.1. The molecule has 1 fully saturated rings. The van der Waals surface area contributed by atoms with E-state index in [-0.39, 0.29) is 0 Å². The molecule has 4 rings (SSSR count). The number of nitrogens with zero attached hydrogens (tertiary/aromatic N) is 4. The fourth-order valence-corrected chi connectivity index (χ4v) is 3.25. The molecule has 112 valence electrons. The Morgan fingerprint density at radius 2 is 1.95 bits per heavy atom. The third kappa shape index (κ3) is 2.23. The maximum atomic E-state index is 5.84. The van der Waals surface area contributed by atoms with Gasteiger partial charge in [0.1, 0.15) is 5.82 Å². The first-order valence-electron chi connectivity index (χ1n) is 7.27. The zero-order chi connectivity index (χ0) is 15.3. The standard InChI is InChI=1S/C16H16BrN5/c1-21-15(18)8-14(20-21)10-4-6-12(7-5-10)22-16(11-2-3-11)13(17)9-19-22/h4-9,11H,2-3,18H2,1H3. The average molecular weight is 358 g/mol. The van der Waals surface area contributed by atoms with Gasteiger partial charge in [0.2, 0.25) is 0 Å². The van der Waals surface area contributed by atoms with Crippen LogP contribution in [0, 0.1) is 0 Å². The fourth-order valence-electron chi connectivity index (χ4n) is 2.66. The Labute approximate surface area is 136 Å². The van der Waals surface area contributed by atoms with Gasteiger partial charge in [-0.05, 0) is 40.9 Å². The molecule has 2 aromatic heterocycles. The van der Waals surface area contributed by atoms with Crippen LogP contribution >= 0.6 is 15.9 Å². The molecule has 2 N–H and O–H groups in total. The molecule has 0 aliphatic heterocycles. The summed E-state index contributed by atoms with van der Waals surface area (Å²) in [6, 6.07) is 10.2. The van der Waals surface area contributed by atoms with Crippen molar-refractivity contribution in [2.75, 3.05) is 5.73 Å². The monoisotopic (exact) mass is 357 g/mol. The number of nitrogen functional groups attached to an aromatic ring is 1. The van der Waals surface area contributed by atoms with Crippen molar-refractivity contribution in [3.05, 3.63) is 46.7 Å². The van der Waals surface area contributed by atoms with Crippen LogP contribution in [0.2, 0.25) is 0 Å². The molecule has 0 unspecified atom stereocenters. The number of aromatic nitrogens is 4. The summed E-state index contributed by atoms with van der Waals surface area (Å²) in [7, 11) is 1.84. The molecule has 6 heteroatoms. The zero-order valence-corrected chi connectivity index (χ0v) is 13.8. The Bertz CT molecular complexity index is 807. The number of hydrogen-bond donors (Lipinski definition) is 1. The molecule has 0 spiro atoms. The molecule has 1 aromatic carbocycles. The molecule has 1 aliphatic carbocycles. The number of aryl methyl sites for hydroxylation is 1.